The number of aliphatic hydroxyl groups is 2. The summed E-state index contributed by atoms with van der Waals surface area (Å²) in [5.41, 5.74) is 0.859. The lowest BCUT2D eigenvalue weighted by molar-refractivity contribution is -0.0407. The molecule has 0 radical (unpaired) electrons. The Bertz CT molecular complexity index is 146. The maximum atomic E-state index is 9.03. The van der Waals surface area contributed by atoms with E-state index in [1.807, 2.05) is 6.92 Å². The van der Waals surface area contributed by atoms with Crippen LogP contribution in [0.3, 0.4) is 0 Å². The zero-order valence-electron chi connectivity index (χ0n) is 5.82. The molecule has 0 saturated heterocycles. The van der Waals surface area contributed by atoms with Crippen molar-refractivity contribution in [2.75, 3.05) is 6.61 Å². The van der Waals surface area contributed by atoms with Gasteiger partial charge < -0.3 is 15.1 Å². The number of hydrogen-bond donors (Lipinski definition) is 2. The summed E-state index contributed by atoms with van der Waals surface area (Å²) in [5, 5.41) is 21.2. The summed E-state index contributed by atoms with van der Waals surface area (Å²) in [6.45, 7) is 1.55. The molecule has 0 aromatic carbocycles. The minimum Gasteiger partial charge on any atom is -0.394 e. The summed E-state index contributed by atoms with van der Waals surface area (Å²) < 4.78 is 0. The van der Waals surface area contributed by atoms with Crippen molar-refractivity contribution in [3.05, 3.63) is 0 Å². The molecule has 10 heavy (non-hydrogen) atoms. The van der Waals surface area contributed by atoms with E-state index in [1.165, 1.54) is 0 Å². The molecule has 1 rings (SSSR count). The Morgan fingerprint density at radius 3 is 3.00 bits per heavy atom. The largest absolute Gasteiger partial charge is 0.394 e. The molecule has 2 atom stereocenters. The fourth-order valence-corrected chi connectivity index (χ4v) is 0.847. The van der Waals surface area contributed by atoms with Crippen LogP contribution in [-0.2, 0) is 4.84 Å². The maximum Gasteiger partial charge on any atom is 0.160 e. The van der Waals surface area contributed by atoms with Gasteiger partial charge in [-0.1, -0.05) is 5.16 Å². The second-order valence-corrected chi connectivity index (χ2v) is 2.42. The molecular weight excluding hydrogens is 134 g/mol. The van der Waals surface area contributed by atoms with Crippen LogP contribution < -0.4 is 0 Å². The van der Waals surface area contributed by atoms with Crippen LogP contribution in [0.15, 0.2) is 5.16 Å². The lowest BCUT2D eigenvalue weighted by atomic mass is 10.1. The van der Waals surface area contributed by atoms with Crippen LogP contribution in [0, 0.1) is 0 Å². The van der Waals surface area contributed by atoms with Crippen molar-refractivity contribution in [2.24, 2.45) is 5.16 Å². The summed E-state index contributed by atoms with van der Waals surface area (Å²) >= 11 is 0. The lowest BCUT2D eigenvalue weighted by Gasteiger charge is -2.12. The summed E-state index contributed by atoms with van der Waals surface area (Å²) in [6.07, 6.45) is -0.534. The molecule has 0 saturated carbocycles. The molecule has 0 aromatic rings. The van der Waals surface area contributed by atoms with E-state index in [9.17, 15) is 0 Å². The Morgan fingerprint density at radius 1 is 1.90 bits per heavy atom. The van der Waals surface area contributed by atoms with E-state index < -0.39 is 6.10 Å². The van der Waals surface area contributed by atoms with Gasteiger partial charge in [-0.05, 0) is 6.92 Å². The minimum absolute atomic E-state index is 0.270. The van der Waals surface area contributed by atoms with E-state index in [1.54, 1.807) is 0 Å². The first kappa shape index (κ1) is 7.50. The SMILES string of the molecule is CC1=NO[C@@H]([C@H](O)CO)C1. The molecule has 0 amide bonds. The van der Waals surface area contributed by atoms with E-state index in [-0.39, 0.29) is 12.7 Å². The van der Waals surface area contributed by atoms with Gasteiger partial charge in [0.05, 0.1) is 12.3 Å². The average Bonchev–Trinajstić information content (AvgIpc) is 2.34. The average molecular weight is 145 g/mol. The van der Waals surface area contributed by atoms with Crippen molar-refractivity contribution in [3.63, 3.8) is 0 Å². The van der Waals surface area contributed by atoms with Gasteiger partial charge in [0.1, 0.15) is 6.10 Å². The van der Waals surface area contributed by atoms with E-state index >= 15 is 0 Å². The highest BCUT2D eigenvalue weighted by molar-refractivity contribution is 5.82. The van der Waals surface area contributed by atoms with Crippen LogP contribution in [0.25, 0.3) is 0 Å². The van der Waals surface area contributed by atoms with Gasteiger partial charge in [0.25, 0.3) is 0 Å². The summed E-state index contributed by atoms with van der Waals surface area (Å²) in [7, 11) is 0. The number of aliphatic hydroxyl groups excluding tert-OH is 2. The molecule has 2 N–H and O–H groups in total. The van der Waals surface area contributed by atoms with E-state index in [0.29, 0.717) is 6.42 Å². The number of nitrogens with zero attached hydrogens (tertiary/aromatic N) is 1. The molecule has 0 unspecified atom stereocenters. The predicted octanol–water partition coefficient (Wildman–Crippen LogP) is -0.496. The second kappa shape index (κ2) is 2.98. The van der Waals surface area contributed by atoms with Gasteiger partial charge in [0.2, 0.25) is 0 Å². The molecular formula is C6H11NO3. The van der Waals surface area contributed by atoms with Gasteiger partial charge in [-0.25, -0.2) is 0 Å². The normalized spacial score (nSPS) is 27.5. The summed E-state index contributed by atoms with van der Waals surface area (Å²) in [5.74, 6) is 0. The van der Waals surface area contributed by atoms with Gasteiger partial charge >= 0.3 is 0 Å². The zero-order valence-corrected chi connectivity index (χ0v) is 5.82. The first-order chi connectivity index (χ1) is 4.74. The molecule has 0 fully saturated rings. The molecule has 0 bridgehead atoms. The molecule has 4 nitrogen and oxygen atoms in total. The Morgan fingerprint density at radius 2 is 2.60 bits per heavy atom. The van der Waals surface area contributed by atoms with E-state index in [0.717, 1.165) is 5.71 Å². The number of rotatable bonds is 2. The smallest absolute Gasteiger partial charge is 0.160 e. The van der Waals surface area contributed by atoms with Gasteiger partial charge in [-0.2, -0.15) is 0 Å². The van der Waals surface area contributed by atoms with Crippen LogP contribution in [0.4, 0.5) is 0 Å². The van der Waals surface area contributed by atoms with Crippen LogP contribution >= 0.6 is 0 Å². The van der Waals surface area contributed by atoms with Gasteiger partial charge in [-0.3, -0.25) is 0 Å². The molecule has 0 aromatic heterocycles. The first-order valence-corrected chi connectivity index (χ1v) is 3.22. The minimum atomic E-state index is -0.804. The van der Waals surface area contributed by atoms with Crippen molar-refractivity contribution >= 4 is 5.71 Å². The van der Waals surface area contributed by atoms with Gasteiger partial charge in [0.15, 0.2) is 6.10 Å². The molecule has 0 aliphatic carbocycles. The molecule has 1 heterocycles. The fourth-order valence-electron chi connectivity index (χ4n) is 0.847. The highest BCUT2D eigenvalue weighted by atomic mass is 16.7. The lowest BCUT2D eigenvalue weighted by Crippen LogP contribution is -2.29. The quantitative estimate of drug-likeness (QED) is 0.551. The molecule has 0 spiro atoms. The van der Waals surface area contributed by atoms with Crippen molar-refractivity contribution in [1.82, 2.24) is 0 Å². The highest BCUT2D eigenvalue weighted by Gasteiger charge is 2.25. The number of oxime groups is 1. The van der Waals surface area contributed by atoms with E-state index in [2.05, 4.69) is 5.16 Å². The van der Waals surface area contributed by atoms with Gasteiger partial charge in [-0.15, -0.1) is 0 Å². The zero-order chi connectivity index (χ0) is 7.56. The Balaban J connectivity index is 2.34. The topological polar surface area (TPSA) is 62.0 Å². The monoisotopic (exact) mass is 145 g/mol. The van der Waals surface area contributed by atoms with Crippen molar-refractivity contribution in [3.8, 4) is 0 Å². The van der Waals surface area contributed by atoms with Crippen molar-refractivity contribution < 1.29 is 15.1 Å². The van der Waals surface area contributed by atoms with Gasteiger partial charge in [0, 0.05) is 6.42 Å². The summed E-state index contributed by atoms with van der Waals surface area (Å²) in [6, 6.07) is 0. The first-order valence-electron chi connectivity index (χ1n) is 3.22. The third-order valence-electron chi connectivity index (χ3n) is 1.46. The van der Waals surface area contributed by atoms with Crippen molar-refractivity contribution in [2.45, 2.75) is 25.6 Å². The van der Waals surface area contributed by atoms with Crippen LogP contribution in [-0.4, -0.2) is 34.7 Å². The second-order valence-electron chi connectivity index (χ2n) is 2.42. The summed E-state index contributed by atoms with van der Waals surface area (Å²) in [4.78, 5) is 4.80. The van der Waals surface area contributed by atoms with Crippen LogP contribution in [0.2, 0.25) is 0 Å². The molecule has 58 valence electrons. The Hall–Kier alpha value is -0.610. The van der Waals surface area contributed by atoms with E-state index in [4.69, 9.17) is 15.1 Å². The molecule has 1 aliphatic rings. The maximum absolute atomic E-state index is 9.03. The molecule has 1 aliphatic heterocycles. The third kappa shape index (κ3) is 1.46. The highest BCUT2D eigenvalue weighted by Crippen LogP contribution is 2.13. The number of hydrogen-bond acceptors (Lipinski definition) is 4. The van der Waals surface area contributed by atoms with Crippen LogP contribution in [0.5, 0.6) is 0 Å². The third-order valence-corrected chi connectivity index (χ3v) is 1.46. The fraction of sp³-hybridized carbons (Fsp3) is 0.833. The van der Waals surface area contributed by atoms with Crippen molar-refractivity contribution in [1.29, 1.82) is 0 Å². The standard InChI is InChI=1S/C6H11NO3/c1-4-2-6(10-7-4)5(9)3-8/h5-6,8-9H,2-3H2,1H3/t5-,6-/m1/s1. The predicted molar refractivity (Wildman–Crippen MR) is 35.7 cm³/mol. The Labute approximate surface area is 59.1 Å². The molecule has 4 heteroatoms. The van der Waals surface area contributed by atoms with Crippen LogP contribution in [0.1, 0.15) is 13.3 Å². The Kier molecular flexibility index (Phi) is 2.24.